The summed E-state index contributed by atoms with van der Waals surface area (Å²) < 4.78 is 13.4. The Morgan fingerprint density at radius 1 is 1.06 bits per heavy atom. The van der Waals surface area contributed by atoms with Gasteiger partial charge in [0.25, 0.3) is 0 Å². The summed E-state index contributed by atoms with van der Waals surface area (Å²) in [5, 5.41) is 15.4. The van der Waals surface area contributed by atoms with Crippen molar-refractivity contribution in [3.05, 3.63) is 66.2 Å². The molecule has 0 amide bonds. The van der Waals surface area contributed by atoms with E-state index in [2.05, 4.69) is 24.7 Å². The summed E-state index contributed by atoms with van der Waals surface area (Å²) in [7, 11) is 1.89. The summed E-state index contributed by atoms with van der Waals surface area (Å²) in [4.78, 5) is 2.22. The van der Waals surface area contributed by atoms with Crippen LogP contribution in [0.15, 0.2) is 60.7 Å². The second-order valence-corrected chi connectivity index (χ2v) is 8.50. The number of aromatic nitrogens is 2. The van der Waals surface area contributed by atoms with Crippen molar-refractivity contribution in [3.8, 4) is 35.2 Å². The molecule has 0 fully saturated rings. The van der Waals surface area contributed by atoms with Crippen LogP contribution in [0.2, 0.25) is 0 Å². The summed E-state index contributed by atoms with van der Waals surface area (Å²) in [5.41, 5.74) is 2.87. The summed E-state index contributed by atoms with van der Waals surface area (Å²) in [6.07, 6.45) is 4.60. The third-order valence-corrected chi connectivity index (χ3v) is 5.06. The maximum Gasteiger partial charge on any atom is 0.222 e. The fraction of sp³-hybridized carbons (Fsp3) is 0.370. The van der Waals surface area contributed by atoms with Crippen molar-refractivity contribution in [1.82, 2.24) is 14.7 Å². The van der Waals surface area contributed by atoms with Crippen LogP contribution in [0.4, 0.5) is 0 Å². The summed E-state index contributed by atoms with van der Waals surface area (Å²) in [6.45, 7) is 6.55. The molecule has 3 aromatic rings. The van der Waals surface area contributed by atoms with E-state index >= 15 is 0 Å². The number of terminal acetylenes is 1. The van der Waals surface area contributed by atoms with Gasteiger partial charge in [0.15, 0.2) is 0 Å². The lowest BCUT2D eigenvalue weighted by atomic mass is 10.1. The molecule has 0 bridgehead atoms. The molecular formula is C27H33N3O3. The Morgan fingerprint density at radius 2 is 1.73 bits per heavy atom. The zero-order valence-corrected chi connectivity index (χ0v) is 19.6. The van der Waals surface area contributed by atoms with Gasteiger partial charge in [-0.25, -0.2) is 4.68 Å². The average molecular weight is 448 g/mol. The van der Waals surface area contributed by atoms with Gasteiger partial charge in [0.1, 0.15) is 18.1 Å². The monoisotopic (exact) mass is 447 g/mol. The number of ether oxygens (including phenoxy) is 2. The van der Waals surface area contributed by atoms with Crippen LogP contribution in [0.25, 0.3) is 11.3 Å². The highest BCUT2D eigenvalue weighted by Gasteiger charge is 2.23. The first kappa shape index (κ1) is 24.5. The molecule has 0 saturated carbocycles. The fourth-order valence-corrected chi connectivity index (χ4v) is 3.80. The van der Waals surface area contributed by atoms with E-state index in [0.717, 1.165) is 29.1 Å². The van der Waals surface area contributed by atoms with Crippen LogP contribution in [0.5, 0.6) is 11.6 Å². The Balaban J connectivity index is 1.93. The third-order valence-electron chi connectivity index (χ3n) is 5.06. The molecule has 0 unspecified atom stereocenters. The van der Waals surface area contributed by atoms with Gasteiger partial charge in [0.2, 0.25) is 5.88 Å². The van der Waals surface area contributed by atoms with Crippen LogP contribution in [0, 0.1) is 18.3 Å². The number of rotatable bonds is 12. The Morgan fingerprint density at radius 3 is 2.36 bits per heavy atom. The topological polar surface area (TPSA) is 59.8 Å². The molecule has 0 spiro atoms. The molecule has 1 heterocycles. The molecule has 0 aliphatic rings. The molecule has 174 valence electrons. The van der Waals surface area contributed by atoms with Crippen LogP contribution in [-0.4, -0.2) is 52.2 Å². The van der Waals surface area contributed by atoms with Crippen molar-refractivity contribution in [2.45, 2.75) is 26.5 Å². The lowest BCUT2D eigenvalue weighted by molar-refractivity contribution is 0.0237. The maximum atomic E-state index is 10.5. The molecule has 1 atom stereocenters. The standard InChI is InChI=1S/C27H33N3O3/c1-5-16-32-20-23(31)18-30(17-21(2)3)19-25-26(22-12-8-6-9-13-22)28-29(4)27(25)33-24-14-10-7-11-15-24/h1,6-15,21,23,31H,16-20H2,2-4H3/t23-/m0/s1. The predicted molar refractivity (Wildman–Crippen MR) is 131 cm³/mol. The molecular weight excluding hydrogens is 414 g/mol. The Kier molecular flexibility index (Phi) is 9.08. The smallest absolute Gasteiger partial charge is 0.222 e. The van der Waals surface area contributed by atoms with Crippen LogP contribution in [-0.2, 0) is 18.3 Å². The van der Waals surface area contributed by atoms with Crippen LogP contribution in [0.1, 0.15) is 19.4 Å². The second-order valence-electron chi connectivity index (χ2n) is 8.50. The number of nitrogens with zero attached hydrogens (tertiary/aromatic N) is 3. The van der Waals surface area contributed by atoms with Crippen molar-refractivity contribution in [3.63, 3.8) is 0 Å². The highest BCUT2D eigenvalue weighted by Crippen LogP contribution is 2.34. The van der Waals surface area contributed by atoms with Gasteiger partial charge < -0.3 is 14.6 Å². The maximum absolute atomic E-state index is 10.5. The lowest BCUT2D eigenvalue weighted by Crippen LogP contribution is -2.37. The molecule has 1 aromatic heterocycles. The Bertz CT molecular complexity index is 1030. The van der Waals surface area contributed by atoms with E-state index in [1.54, 1.807) is 4.68 Å². The molecule has 6 heteroatoms. The average Bonchev–Trinajstić information content (AvgIpc) is 3.10. The van der Waals surface area contributed by atoms with Crippen LogP contribution < -0.4 is 4.74 Å². The zero-order chi connectivity index (χ0) is 23.6. The largest absolute Gasteiger partial charge is 0.439 e. The van der Waals surface area contributed by atoms with Gasteiger partial charge in [-0.1, -0.05) is 68.3 Å². The number of hydrogen-bond donors (Lipinski definition) is 1. The molecule has 0 saturated heterocycles. The van der Waals surface area contributed by atoms with E-state index in [4.69, 9.17) is 21.0 Å². The molecule has 1 N–H and O–H groups in total. The van der Waals surface area contributed by atoms with Gasteiger partial charge >= 0.3 is 0 Å². The van der Waals surface area contributed by atoms with Gasteiger partial charge in [-0.2, -0.15) is 5.10 Å². The highest BCUT2D eigenvalue weighted by molar-refractivity contribution is 5.65. The van der Waals surface area contributed by atoms with E-state index in [1.807, 2.05) is 67.7 Å². The molecule has 2 aromatic carbocycles. The zero-order valence-electron chi connectivity index (χ0n) is 19.6. The summed E-state index contributed by atoms with van der Waals surface area (Å²) >= 11 is 0. The normalized spacial score (nSPS) is 12.2. The van der Waals surface area contributed by atoms with Crippen LogP contribution in [0.3, 0.4) is 0 Å². The van der Waals surface area contributed by atoms with E-state index in [9.17, 15) is 5.11 Å². The van der Waals surface area contributed by atoms with Gasteiger partial charge in [0, 0.05) is 32.2 Å². The minimum Gasteiger partial charge on any atom is -0.439 e. The second kappa shape index (κ2) is 12.2. The third kappa shape index (κ3) is 7.19. The molecule has 3 rings (SSSR count). The van der Waals surface area contributed by atoms with Gasteiger partial charge in [-0.3, -0.25) is 4.90 Å². The van der Waals surface area contributed by atoms with Crippen molar-refractivity contribution >= 4 is 0 Å². The van der Waals surface area contributed by atoms with Crippen molar-refractivity contribution in [1.29, 1.82) is 0 Å². The van der Waals surface area contributed by atoms with Gasteiger partial charge in [0.05, 0.1) is 18.3 Å². The minimum absolute atomic E-state index is 0.192. The van der Waals surface area contributed by atoms with E-state index in [0.29, 0.717) is 24.9 Å². The molecule has 0 aliphatic heterocycles. The molecule has 0 aliphatic carbocycles. The number of benzene rings is 2. The molecule has 6 nitrogen and oxygen atoms in total. The lowest BCUT2D eigenvalue weighted by Gasteiger charge is -2.27. The molecule has 0 radical (unpaired) electrons. The van der Waals surface area contributed by atoms with Crippen molar-refractivity contribution < 1.29 is 14.6 Å². The van der Waals surface area contributed by atoms with Gasteiger partial charge in [-0.05, 0) is 18.1 Å². The minimum atomic E-state index is -0.646. The number of aliphatic hydroxyl groups excluding tert-OH is 1. The first-order chi connectivity index (χ1) is 16.0. The fourth-order valence-electron chi connectivity index (χ4n) is 3.80. The number of para-hydroxylation sites is 1. The van der Waals surface area contributed by atoms with E-state index in [1.165, 1.54) is 0 Å². The Hall–Kier alpha value is -3.11. The SMILES string of the molecule is C#CCOC[C@@H](O)CN(Cc1c(-c2ccccc2)nn(C)c1Oc1ccccc1)CC(C)C. The highest BCUT2D eigenvalue weighted by atomic mass is 16.5. The summed E-state index contributed by atoms with van der Waals surface area (Å²) in [6, 6.07) is 19.8. The van der Waals surface area contributed by atoms with E-state index in [-0.39, 0.29) is 13.2 Å². The number of aryl methyl sites for hydroxylation is 1. The first-order valence-electron chi connectivity index (χ1n) is 11.2. The van der Waals surface area contributed by atoms with Crippen molar-refractivity contribution in [2.75, 3.05) is 26.3 Å². The quantitative estimate of drug-likeness (QED) is 0.330. The number of hydrogen-bond acceptors (Lipinski definition) is 5. The number of aliphatic hydroxyl groups is 1. The summed E-state index contributed by atoms with van der Waals surface area (Å²) in [5.74, 6) is 4.29. The first-order valence-corrected chi connectivity index (χ1v) is 11.2. The van der Waals surface area contributed by atoms with E-state index < -0.39 is 6.10 Å². The van der Waals surface area contributed by atoms with Crippen molar-refractivity contribution in [2.24, 2.45) is 13.0 Å². The predicted octanol–water partition coefficient (Wildman–Crippen LogP) is 4.35. The molecule has 33 heavy (non-hydrogen) atoms. The van der Waals surface area contributed by atoms with Gasteiger partial charge in [-0.15, -0.1) is 6.42 Å². The Labute approximate surface area is 196 Å². The van der Waals surface area contributed by atoms with Crippen LogP contribution >= 0.6 is 0 Å².